The molecule has 1 N–H and O–H groups in total. The highest BCUT2D eigenvalue weighted by Gasteiger charge is 2.53. The van der Waals surface area contributed by atoms with E-state index in [-0.39, 0.29) is 29.0 Å². The number of sulfonamides is 1. The van der Waals surface area contributed by atoms with Crippen molar-refractivity contribution in [1.29, 1.82) is 0 Å². The van der Waals surface area contributed by atoms with Gasteiger partial charge in [-0.1, -0.05) is 43.3 Å². The second-order valence-electron chi connectivity index (χ2n) is 8.46. The molecule has 0 aromatic heterocycles. The molecule has 2 aromatic rings. The molecule has 2 bridgehead atoms. The fraction of sp³-hybridized carbons (Fsp3) is 0.455. The van der Waals surface area contributed by atoms with Gasteiger partial charge in [0.25, 0.3) is 0 Å². The first-order chi connectivity index (χ1) is 13.2. The molecular formula is C22H28N2O3S. The molecule has 5 nitrogen and oxygen atoms in total. The number of fused-ring (bicyclic) bond motifs is 4. The van der Waals surface area contributed by atoms with Crippen molar-refractivity contribution >= 4 is 10.0 Å². The minimum atomic E-state index is -3.49. The Kier molecular flexibility index (Phi) is 4.76. The van der Waals surface area contributed by atoms with Crippen molar-refractivity contribution in [3.05, 3.63) is 65.2 Å². The second kappa shape index (κ2) is 6.87. The molecule has 150 valence electrons. The van der Waals surface area contributed by atoms with E-state index in [2.05, 4.69) is 18.9 Å². The summed E-state index contributed by atoms with van der Waals surface area (Å²) >= 11 is 0. The molecule has 3 atom stereocenters. The third kappa shape index (κ3) is 3.13. The Balaban J connectivity index is 1.75. The lowest BCUT2D eigenvalue weighted by atomic mass is 9.61. The van der Waals surface area contributed by atoms with Gasteiger partial charge in [0, 0.05) is 24.5 Å². The van der Waals surface area contributed by atoms with Gasteiger partial charge in [0.2, 0.25) is 10.0 Å². The SMILES string of the molecule is CN1CC[C@]2(C)c3cc(O)ccc3C[C@@H]1[C@@H]2N(C)S(=O)(=O)Cc1ccccc1. The molecule has 6 heteroatoms. The van der Waals surface area contributed by atoms with Crippen LogP contribution in [0.1, 0.15) is 30.0 Å². The summed E-state index contributed by atoms with van der Waals surface area (Å²) in [7, 11) is 0.322. The summed E-state index contributed by atoms with van der Waals surface area (Å²) in [6.07, 6.45) is 1.64. The Hall–Kier alpha value is -1.89. The Bertz CT molecular complexity index is 977. The molecule has 1 saturated heterocycles. The predicted molar refractivity (Wildman–Crippen MR) is 111 cm³/mol. The Labute approximate surface area is 167 Å². The number of likely N-dealkylation sites (N-methyl/N-ethyl adjacent to an activating group) is 2. The van der Waals surface area contributed by atoms with Crippen molar-refractivity contribution < 1.29 is 13.5 Å². The average Bonchev–Trinajstić information content (AvgIpc) is 2.66. The fourth-order valence-electron chi connectivity index (χ4n) is 5.15. The van der Waals surface area contributed by atoms with Crippen LogP contribution in [0.2, 0.25) is 0 Å². The summed E-state index contributed by atoms with van der Waals surface area (Å²) in [5.74, 6) is 0.242. The van der Waals surface area contributed by atoms with Gasteiger partial charge in [-0.05, 0) is 55.3 Å². The zero-order valence-corrected chi connectivity index (χ0v) is 17.5. The van der Waals surface area contributed by atoms with E-state index in [9.17, 15) is 13.5 Å². The van der Waals surface area contributed by atoms with E-state index in [1.165, 1.54) is 5.56 Å². The lowest BCUT2D eigenvalue weighted by Gasteiger charge is -2.56. The van der Waals surface area contributed by atoms with Gasteiger partial charge in [-0.25, -0.2) is 8.42 Å². The van der Waals surface area contributed by atoms with E-state index in [0.29, 0.717) is 0 Å². The van der Waals surface area contributed by atoms with E-state index in [1.807, 2.05) is 42.5 Å². The number of aromatic hydroxyl groups is 1. The topological polar surface area (TPSA) is 60.9 Å². The van der Waals surface area contributed by atoms with Crippen molar-refractivity contribution in [2.75, 3.05) is 20.6 Å². The van der Waals surface area contributed by atoms with Crippen molar-refractivity contribution in [2.24, 2.45) is 0 Å². The molecule has 1 heterocycles. The van der Waals surface area contributed by atoms with Crippen LogP contribution in [0.15, 0.2) is 48.5 Å². The smallest absolute Gasteiger partial charge is 0.218 e. The van der Waals surface area contributed by atoms with Gasteiger partial charge in [0.05, 0.1) is 5.75 Å². The van der Waals surface area contributed by atoms with Crippen molar-refractivity contribution in [3.8, 4) is 5.75 Å². The summed E-state index contributed by atoms with van der Waals surface area (Å²) in [6.45, 7) is 3.07. The van der Waals surface area contributed by atoms with Gasteiger partial charge in [0.1, 0.15) is 5.75 Å². The molecule has 0 saturated carbocycles. The normalized spacial score (nSPS) is 27.6. The van der Waals surface area contributed by atoms with Crippen molar-refractivity contribution in [3.63, 3.8) is 0 Å². The number of piperidine rings is 1. The molecule has 0 unspecified atom stereocenters. The monoisotopic (exact) mass is 400 g/mol. The first-order valence-corrected chi connectivity index (χ1v) is 11.4. The minimum absolute atomic E-state index is 0.000249. The molecule has 1 fully saturated rings. The maximum Gasteiger partial charge on any atom is 0.218 e. The molecule has 1 aliphatic carbocycles. The van der Waals surface area contributed by atoms with Gasteiger partial charge >= 0.3 is 0 Å². The van der Waals surface area contributed by atoms with Crippen LogP contribution in [0.3, 0.4) is 0 Å². The standard InChI is InChI=1S/C22H28N2O3S/c1-22-11-12-23(2)20(13-17-9-10-18(25)14-19(17)22)21(22)24(3)28(26,27)15-16-7-5-4-6-8-16/h4-10,14,20-21,25H,11-13,15H2,1-3H3/t20-,21+,22-/m1/s1. The van der Waals surface area contributed by atoms with Crippen LogP contribution >= 0.6 is 0 Å². The molecule has 28 heavy (non-hydrogen) atoms. The number of rotatable bonds is 4. The van der Waals surface area contributed by atoms with Gasteiger partial charge in [0.15, 0.2) is 0 Å². The number of phenolic OH excluding ortho intramolecular Hbond substituents is 1. The van der Waals surface area contributed by atoms with E-state index < -0.39 is 10.0 Å². The molecule has 0 radical (unpaired) electrons. The maximum atomic E-state index is 13.3. The van der Waals surface area contributed by atoms with Crippen molar-refractivity contribution in [2.45, 2.75) is 43.0 Å². The van der Waals surface area contributed by atoms with Gasteiger partial charge in [-0.15, -0.1) is 0 Å². The lowest BCUT2D eigenvalue weighted by Crippen LogP contribution is -2.67. The maximum absolute atomic E-state index is 13.3. The quantitative estimate of drug-likeness (QED) is 0.857. The largest absolute Gasteiger partial charge is 0.508 e. The summed E-state index contributed by atoms with van der Waals surface area (Å²) in [5, 5.41) is 10.1. The summed E-state index contributed by atoms with van der Waals surface area (Å²) in [4.78, 5) is 2.29. The average molecular weight is 401 g/mol. The Morgan fingerprint density at radius 1 is 1.21 bits per heavy atom. The summed E-state index contributed by atoms with van der Waals surface area (Å²) in [6, 6.07) is 14.8. The molecule has 4 rings (SSSR count). The highest BCUT2D eigenvalue weighted by molar-refractivity contribution is 7.88. The number of phenols is 1. The lowest BCUT2D eigenvalue weighted by molar-refractivity contribution is 0.0353. The zero-order valence-electron chi connectivity index (χ0n) is 16.7. The number of hydrogen-bond donors (Lipinski definition) is 1. The Morgan fingerprint density at radius 2 is 1.93 bits per heavy atom. The molecule has 1 aliphatic heterocycles. The fourth-order valence-corrected chi connectivity index (χ4v) is 6.69. The van der Waals surface area contributed by atoms with E-state index >= 15 is 0 Å². The summed E-state index contributed by atoms with van der Waals surface area (Å²) in [5.41, 5.74) is 2.76. The molecule has 0 amide bonds. The van der Waals surface area contributed by atoms with Crippen LogP contribution in [-0.2, 0) is 27.6 Å². The van der Waals surface area contributed by atoms with Crippen molar-refractivity contribution in [1.82, 2.24) is 9.21 Å². The first-order valence-electron chi connectivity index (χ1n) is 9.74. The highest BCUT2D eigenvalue weighted by Crippen LogP contribution is 2.48. The first kappa shape index (κ1) is 19.4. The van der Waals surface area contributed by atoms with Gasteiger partial charge in [-0.3, -0.25) is 0 Å². The second-order valence-corrected chi connectivity index (χ2v) is 10.5. The molecule has 2 aliphatic rings. The number of benzene rings is 2. The van der Waals surface area contributed by atoms with Crippen LogP contribution in [0.4, 0.5) is 0 Å². The molecule has 0 spiro atoms. The van der Waals surface area contributed by atoms with Crippen LogP contribution < -0.4 is 0 Å². The Morgan fingerprint density at radius 3 is 2.64 bits per heavy atom. The van der Waals surface area contributed by atoms with Crippen LogP contribution in [0.5, 0.6) is 5.75 Å². The zero-order chi connectivity index (χ0) is 20.1. The number of nitrogens with zero attached hydrogens (tertiary/aromatic N) is 2. The molecule has 2 aromatic carbocycles. The number of hydrogen-bond acceptors (Lipinski definition) is 4. The van der Waals surface area contributed by atoms with Crippen LogP contribution in [0, 0.1) is 0 Å². The van der Waals surface area contributed by atoms with E-state index in [4.69, 9.17) is 0 Å². The van der Waals surface area contributed by atoms with E-state index in [1.54, 1.807) is 17.4 Å². The summed E-state index contributed by atoms with van der Waals surface area (Å²) < 4.78 is 28.2. The third-order valence-corrected chi connectivity index (χ3v) is 8.53. The van der Waals surface area contributed by atoms with E-state index in [0.717, 1.165) is 30.5 Å². The van der Waals surface area contributed by atoms with Gasteiger partial charge in [-0.2, -0.15) is 4.31 Å². The van der Waals surface area contributed by atoms with Crippen LogP contribution in [0.25, 0.3) is 0 Å². The molecular weight excluding hydrogens is 372 g/mol. The minimum Gasteiger partial charge on any atom is -0.508 e. The number of likely N-dealkylation sites (tertiary alicyclic amines) is 1. The third-order valence-electron chi connectivity index (χ3n) is 6.73. The van der Waals surface area contributed by atoms with Gasteiger partial charge < -0.3 is 10.0 Å². The van der Waals surface area contributed by atoms with Crippen LogP contribution in [-0.4, -0.2) is 55.5 Å². The predicted octanol–water partition coefficient (Wildman–Crippen LogP) is 2.74. The highest BCUT2D eigenvalue weighted by atomic mass is 32.2.